The molecule has 2 aromatic rings. The highest BCUT2D eigenvalue weighted by atomic mass is 79.9. The van der Waals surface area contributed by atoms with Crippen LogP contribution in [0.2, 0.25) is 0 Å². The van der Waals surface area contributed by atoms with Crippen molar-refractivity contribution in [1.29, 1.82) is 0 Å². The minimum Gasteiger partial charge on any atom is -0.492 e. The summed E-state index contributed by atoms with van der Waals surface area (Å²) in [7, 11) is 0. The van der Waals surface area contributed by atoms with Gasteiger partial charge in [-0.05, 0) is 89.4 Å². The lowest BCUT2D eigenvalue weighted by molar-refractivity contribution is 0.0926. The smallest absolute Gasteiger partial charge is 0.257 e. The van der Waals surface area contributed by atoms with E-state index in [1.807, 2.05) is 0 Å². The van der Waals surface area contributed by atoms with Crippen molar-refractivity contribution in [2.75, 3.05) is 11.9 Å². The molecule has 0 bridgehead atoms. The Bertz CT molecular complexity index is 989. The van der Waals surface area contributed by atoms with Crippen LogP contribution in [0.1, 0.15) is 66.7 Å². The summed E-state index contributed by atoms with van der Waals surface area (Å²) in [5.74, 6) is 0.708. The molecule has 3 N–H and O–H groups in total. The molecule has 0 aromatic heterocycles. The van der Waals surface area contributed by atoms with Gasteiger partial charge in [0.25, 0.3) is 11.8 Å². The normalized spacial score (nSPS) is 13.9. The van der Waals surface area contributed by atoms with Crippen LogP contribution in [0.3, 0.4) is 0 Å². The molecule has 2 amide bonds. The third kappa shape index (κ3) is 7.82. The summed E-state index contributed by atoms with van der Waals surface area (Å²) in [6.45, 7) is 4.74. The molecule has 1 saturated carbocycles. The summed E-state index contributed by atoms with van der Waals surface area (Å²) in [6.07, 6.45) is 5.68. The summed E-state index contributed by atoms with van der Waals surface area (Å²) in [5, 5.41) is 8.94. The molecule has 2 aromatic carbocycles. The van der Waals surface area contributed by atoms with Crippen molar-refractivity contribution in [2.24, 2.45) is 5.92 Å². The number of carbonyl (C=O) groups is 2. The van der Waals surface area contributed by atoms with Crippen LogP contribution in [0.5, 0.6) is 5.75 Å². The van der Waals surface area contributed by atoms with Crippen molar-refractivity contribution in [3.63, 3.8) is 0 Å². The third-order valence-corrected chi connectivity index (χ3v) is 6.16. The minimum atomic E-state index is -0.327. The Labute approximate surface area is 209 Å². The summed E-state index contributed by atoms with van der Waals surface area (Å²) < 4.78 is 6.42. The Morgan fingerprint density at radius 1 is 1.03 bits per heavy atom. The van der Waals surface area contributed by atoms with Crippen molar-refractivity contribution in [3.05, 3.63) is 58.1 Å². The molecule has 33 heavy (non-hydrogen) atoms. The van der Waals surface area contributed by atoms with E-state index >= 15 is 0 Å². The number of hydrogen-bond acceptors (Lipinski definition) is 4. The molecular weight excluding hydrogens is 502 g/mol. The Hall–Kier alpha value is -2.45. The fraction of sp³-hybridized carbons (Fsp3) is 0.400. The van der Waals surface area contributed by atoms with Gasteiger partial charge in [0, 0.05) is 22.9 Å². The van der Waals surface area contributed by atoms with Crippen molar-refractivity contribution in [1.82, 2.24) is 10.6 Å². The van der Waals surface area contributed by atoms with E-state index in [9.17, 15) is 9.59 Å². The predicted octanol–water partition coefficient (Wildman–Crippen LogP) is 5.67. The van der Waals surface area contributed by atoms with Crippen molar-refractivity contribution < 1.29 is 14.3 Å². The van der Waals surface area contributed by atoms with Crippen LogP contribution in [-0.4, -0.2) is 29.6 Å². The van der Waals surface area contributed by atoms with Gasteiger partial charge in [-0.1, -0.05) is 33.1 Å². The lowest BCUT2D eigenvalue weighted by Gasteiger charge is -2.22. The summed E-state index contributed by atoms with van der Waals surface area (Å²) >= 11 is 8.72. The molecule has 1 fully saturated rings. The Balaban J connectivity index is 1.51. The van der Waals surface area contributed by atoms with Crippen molar-refractivity contribution >= 4 is 50.8 Å². The maximum atomic E-state index is 12.6. The van der Waals surface area contributed by atoms with Gasteiger partial charge in [0.1, 0.15) is 5.75 Å². The summed E-state index contributed by atoms with van der Waals surface area (Å²) in [5.41, 5.74) is 1.75. The molecule has 0 heterocycles. The van der Waals surface area contributed by atoms with Gasteiger partial charge < -0.3 is 15.4 Å². The molecule has 0 unspecified atom stereocenters. The number of benzene rings is 2. The first-order chi connectivity index (χ1) is 15.8. The van der Waals surface area contributed by atoms with E-state index in [-0.39, 0.29) is 23.0 Å². The molecule has 0 spiro atoms. The number of carbonyl (C=O) groups excluding carboxylic acids is 2. The van der Waals surface area contributed by atoms with E-state index in [1.165, 1.54) is 19.3 Å². The molecule has 3 rings (SSSR count). The first-order valence-corrected chi connectivity index (χ1v) is 12.5. The predicted molar refractivity (Wildman–Crippen MR) is 139 cm³/mol. The number of thiocarbonyl (C=S) groups is 1. The SMILES string of the molecule is CC(C)COc1ccc(C(=O)NC(=S)Nc2ccc(C(=O)NC3CCCCC3)cc2)cc1Br. The minimum absolute atomic E-state index is 0.0595. The number of halogens is 1. The molecule has 6 nitrogen and oxygen atoms in total. The van der Waals surface area contributed by atoms with Crippen LogP contribution in [0.4, 0.5) is 5.69 Å². The van der Waals surface area contributed by atoms with E-state index in [4.69, 9.17) is 17.0 Å². The van der Waals surface area contributed by atoms with Gasteiger partial charge in [0.15, 0.2) is 5.11 Å². The van der Waals surface area contributed by atoms with Crippen LogP contribution >= 0.6 is 28.1 Å². The maximum Gasteiger partial charge on any atom is 0.257 e. The Morgan fingerprint density at radius 3 is 2.33 bits per heavy atom. The van der Waals surface area contributed by atoms with E-state index in [2.05, 4.69) is 45.7 Å². The quantitative estimate of drug-likeness (QED) is 0.401. The highest BCUT2D eigenvalue weighted by molar-refractivity contribution is 9.10. The molecular formula is C25H30BrN3O3S. The Morgan fingerprint density at radius 2 is 1.70 bits per heavy atom. The molecule has 0 atom stereocenters. The standard InChI is InChI=1S/C25H30BrN3O3S/c1-16(2)15-32-22-13-10-18(14-21(22)26)24(31)29-25(33)28-20-11-8-17(9-12-20)23(30)27-19-6-4-3-5-7-19/h8-14,16,19H,3-7,15H2,1-2H3,(H,27,30)(H2,28,29,31,33). The first-order valence-electron chi connectivity index (χ1n) is 11.3. The summed E-state index contributed by atoms with van der Waals surface area (Å²) in [4.78, 5) is 25.0. The Kier molecular flexibility index (Phi) is 9.26. The molecule has 0 radical (unpaired) electrons. The fourth-order valence-corrected chi connectivity index (χ4v) is 4.28. The summed E-state index contributed by atoms with van der Waals surface area (Å²) in [6, 6.07) is 12.5. The van der Waals surface area contributed by atoms with Gasteiger partial charge in [-0.15, -0.1) is 0 Å². The second-order valence-electron chi connectivity index (χ2n) is 8.64. The van der Waals surface area contributed by atoms with Crippen molar-refractivity contribution in [3.8, 4) is 5.75 Å². The van der Waals surface area contributed by atoms with E-state index in [1.54, 1.807) is 42.5 Å². The largest absolute Gasteiger partial charge is 0.492 e. The molecule has 0 aliphatic heterocycles. The number of amides is 2. The van der Waals surface area contributed by atoms with Gasteiger partial charge in [-0.25, -0.2) is 0 Å². The lowest BCUT2D eigenvalue weighted by atomic mass is 9.95. The second-order valence-corrected chi connectivity index (χ2v) is 9.91. The van der Waals surface area contributed by atoms with Crippen LogP contribution in [0, 0.1) is 5.92 Å². The number of anilines is 1. The molecule has 1 aliphatic carbocycles. The van der Waals surface area contributed by atoms with Crippen molar-refractivity contribution in [2.45, 2.75) is 52.0 Å². The highest BCUT2D eigenvalue weighted by Gasteiger charge is 2.17. The monoisotopic (exact) mass is 531 g/mol. The van der Waals surface area contributed by atoms with Crippen LogP contribution in [0.15, 0.2) is 46.9 Å². The zero-order valence-electron chi connectivity index (χ0n) is 18.9. The third-order valence-electron chi connectivity index (χ3n) is 5.34. The first kappa shape index (κ1) is 25.2. The topological polar surface area (TPSA) is 79.5 Å². The van der Waals surface area contributed by atoms with Gasteiger partial charge in [0.2, 0.25) is 0 Å². The molecule has 1 aliphatic rings. The van der Waals surface area contributed by atoms with Crippen LogP contribution in [-0.2, 0) is 0 Å². The average Bonchev–Trinajstić information content (AvgIpc) is 2.79. The lowest BCUT2D eigenvalue weighted by Crippen LogP contribution is -2.36. The van der Waals surface area contributed by atoms with Crippen LogP contribution < -0.4 is 20.7 Å². The molecule has 0 saturated heterocycles. The van der Waals surface area contributed by atoms with Gasteiger partial charge in [-0.2, -0.15) is 0 Å². The highest BCUT2D eigenvalue weighted by Crippen LogP contribution is 2.26. The van der Waals surface area contributed by atoms with E-state index in [0.29, 0.717) is 39.6 Å². The number of rotatable bonds is 7. The van der Waals surface area contributed by atoms with Crippen LogP contribution in [0.25, 0.3) is 0 Å². The van der Waals surface area contributed by atoms with Gasteiger partial charge >= 0.3 is 0 Å². The zero-order chi connectivity index (χ0) is 23.8. The second kappa shape index (κ2) is 12.1. The average molecular weight is 533 g/mol. The zero-order valence-corrected chi connectivity index (χ0v) is 21.4. The van der Waals surface area contributed by atoms with E-state index in [0.717, 1.165) is 12.8 Å². The van der Waals surface area contributed by atoms with Gasteiger partial charge in [0.05, 0.1) is 11.1 Å². The number of nitrogens with one attached hydrogen (secondary N) is 3. The molecule has 8 heteroatoms. The fourth-order valence-electron chi connectivity index (χ4n) is 3.57. The van der Waals surface area contributed by atoms with E-state index < -0.39 is 0 Å². The van der Waals surface area contributed by atoms with Gasteiger partial charge in [-0.3, -0.25) is 14.9 Å². The maximum absolute atomic E-state index is 12.6. The number of ether oxygens (including phenoxy) is 1. The molecule has 176 valence electrons. The number of hydrogen-bond donors (Lipinski definition) is 3.